The van der Waals surface area contributed by atoms with Crippen molar-refractivity contribution in [1.29, 1.82) is 0 Å². The molecule has 1 rings (SSSR count). The fourth-order valence-electron chi connectivity index (χ4n) is 1.55. The van der Waals surface area contributed by atoms with Crippen LogP contribution in [0.2, 0.25) is 0 Å². The van der Waals surface area contributed by atoms with Gasteiger partial charge in [0, 0.05) is 33.6 Å². The maximum Gasteiger partial charge on any atom is 0.216 e. The largest absolute Gasteiger partial charge is 0.443 e. The molecule has 1 heterocycles. The molecule has 102 valence electrons. The quantitative estimate of drug-likeness (QED) is 0.596. The Balaban J connectivity index is 2.80. The molecule has 0 aromatic carbocycles. The van der Waals surface area contributed by atoms with E-state index in [1.807, 2.05) is 38.0 Å². The van der Waals surface area contributed by atoms with E-state index in [0.29, 0.717) is 12.4 Å². The van der Waals surface area contributed by atoms with Gasteiger partial charge in [-0.1, -0.05) is 20.8 Å². The Bertz CT molecular complexity index is 403. The minimum Gasteiger partial charge on any atom is -0.443 e. The molecule has 1 aromatic heterocycles. The van der Waals surface area contributed by atoms with Crippen molar-refractivity contribution in [2.24, 2.45) is 4.99 Å². The van der Waals surface area contributed by atoms with Gasteiger partial charge in [0.2, 0.25) is 5.89 Å². The molecule has 0 aliphatic carbocycles. The van der Waals surface area contributed by atoms with Crippen molar-refractivity contribution in [2.75, 3.05) is 28.2 Å². The predicted octanol–water partition coefficient (Wildman–Crippen LogP) is 1.95. The summed E-state index contributed by atoms with van der Waals surface area (Å²) in [4.78, 5) is 12.7. The van der Waals surface area contributed by atoms with Crippen molar-refractivity contribution < 1.29 is 4.42 Å². The number of nitrogens with zero attached hydrogens (tertiary/aromatic N) is 4. The van der Waals surface area contributed by atoms with Crippen LogP contribution in [0.15, 0.2) is 15.6 Å². The fourth-order valence-corrected chi connectivity index (χ4v) is 1.55. The number of aliphatic imine (C=N–C) groups is 1. The minimum atomic E-state index is -0.0130. The number of hydrogen-bond donors (Lipinski definition) is 0. The van der Waals surface area contributed by atoms with Crippen molar-refractivity contribution in [3.8, 4) is 0 Å². The molecular weight excluding hydrogens is 228 g/mol. The highest BCUT2D eigenvalue weighted by atomic mass is 16.4. The summed E-state index contributed by atoms with van der Waals surface area (Å²) in [5.74, 6) is 2.44. The summed E-state index contributed by atoms with van der Waals surface area (Å²) in [5, 5.41) is 0. The van der Waals surface area contributed by atoms with Crippen molar-refractivity contribution in [3.63, 3.8) is 0 Å². The van der Waals surface area contributed by atoms with Crippen LogP contribution in [0.3, 0.4) is 0 Å². The number of oxazole rings is 1. The first-order valence-corrected chi connectivity index (χ1v) is 6.06. The maximum absolute atomic E-state index is 5.70. The normalized spacial score (nSPS) is 11.3. The van der Waals surface area contributed by atoms with Crippen LogP contribution >= 0.6 is 0 Å². The lowest BCUT2D eigenvalue weighted by Gasteiger charge is -2.22. The van der Waals surface area contributed by atoms with Crippen molar-refractivity contribution in [2.45, 2.75) is 32.7 Å². The van der Waals surface area contributed by atoms with Gasteiger partial charge in [-0.15, -0.1) is 0 Å². The number of aromatic nitrogens is 1. The topological polar surface area (TPSA) is 44.9 Å². The van der Waals surface area contributed by atoms with Gasteiger partial charge < -0.3 is 14.2 Å². The Morgan fingerprint density at radius 1 is 1.22 bits per heavy atom. The average Bonchev–Trinajstić information content (AvgIpc) is 2.64. The van der Waals surface area contributed by atoms with E-state index in [1.54, 1.807) is 6.20 Å². The van der Waals surface area contributed by atoms with E-state index in [0.717, 1.165) is 11.7 Å². The second-order valence-corrected chi connectivity index (χ2v) is 5.77. The van der Waals surface area contributed by atoms with E-state index in [1.165, 1.54) is 0 Å². The zero-order valence-corrected chi connectivity index (χ0v) is 12.5. The summed E-state index contributed by atoms with van der Waals surface area (Å²) >= 11 is 0. The molecular formula is C13H24N4O. The van der Waals surface area contributed by atoms with Crippen LogP contribution in [0.25, 0.3) is 0 Å². The van der Waals surface area contributed by atoms with Gasteiger partial charge >= 0.3 is 0 Å². The fraction of sp³-hybridized carbons (Fsp3) is 0.692. The van der Waals surface area contributed by atoms with Crippen LogP contribution < -0.4 is 0 Å². The first-order chi connectivity index (χ1) is 8.21. The summed E-state index contributed by atoms with van der Waals surface area (Å²) in [6.07, 6.45) is 1.79. The second kappa shape index (κ2) is 5.42. The monoisotopic (exact) mass is 252 g/mol. The van der Waals surface area contributed by atoms with E-state index in [2.05, 4.69) is 30.7 Å². The summed E-state index contributed by atoms with van der Waals surface area (Å²) in [6, 6.07) is 0. The maximum atomic E-state index is 5.70. The molecule has 0 saturated carbocycles. The van der Waals surface area contributed by atoms with E-state index in [9.17, 15) is 0 Å². The second-order valence-electron chi connectivity index (χ2n) is 5.77. The Labute approximate surface area is 110 Å². The molecule has 18 heavy (non-hydrogen) atoms. The van der Waals surface area contributed by atoms with Crippen LogP contribution in [0.5, 0.6) is 0 Å². The molecule has 0 spiro atoms. The highest BCUT2D eigenvalue weighted by Crippen LogP contribution is 2.22. The first kappa shape index (κ1) is 14.5. The molecule has 1 aromatic rings. The van der Waals surface area contributed by atoms with E-state index in [4.69, 9.17) is 4.42 Å². The standard InChI is InChI=1S/C13H24N4O/c1-13(2,3)10-8-14-11(18-10)9-15-12(16(4)5)17(6)7/h8H,9H2,1-7H3. The molecule has 0 amide bonds. The molecule has 5 heteroatoms. The Morgan fingerprint density at radius 2 is 1.78 bits per heavy atom. The van der Waals surface area contributed by atoms with Gasteiger partial charge in [0.1, 0.15) is 12.3 Å². The van der Waals surface area contributed by atoms with Gasteiger partial charge in [0.15, 0.2) is 5.96 Å². The molecule has 0 atom stereocenters. The lowest BCUT2D eigenvalue weighted by Crippen LogP contribution is -2.35. The van der Waals surface area contributed by atoms with Gasteiger partial charge in [-0.2, -0.15) is 0 Å². The molecule has 0 aliphatic rings. The van der Waals surface area contributed by atoms with Gasteiger partial charge in [-0.05, 0) is 0 Å². The third-order valence-corrected chi connectivity index (χ3v) is 2.45. The van der Waals surface area contributed by atoms with Gasteiger partial charge in [-0.25, -0.2) is 9.98 Å². The molecule has 0 radical (unpaired) electrons. The molecule has 0 unspecified atom stereocenters. The van der Waals surface area contributed by atoms with Crippen LogP contribution in [0, 0.1) is 0 Å². The molecule has 0 aliphatic heterocycles. The summed E-state index contributed by atoms with van der Waals surface area (Å²) in [6.45, 7) is 6.77. The van der Waals surface area contributed by atoms with Crippen molar-refractivity contribution >= 4 is 5.96 Å². The highest BCUT2D eigenvalue weighted by Gasteiger charge is 2.19. The van der Waals surface area contributed by atoms with Crippen molar-refractivity contribution in [1.82, 2.24) is 14.8 Å². The first-order valence-electron chi connectivity index (χ1n) is 6.06. The number of hydrogen-bond acceptors (Lipinski definition) is 3. The van der Waals surface area contributed by atoms with Crippen LogP contribution in [-0.4, -0.2) is 48.9 Å². The van der Waals surface area contributed by atoms with Crippen molar-refractivity contribution in [3.05, 3.63) is 17.8 Å². The summed E-state index contributed by atoms with van der Waals surface area (Å²) in [7, 11) is 7.87. The summed E-state index contributed by atoms with van der Waals surface area (Å²) in [5.41, 5.74) is -0.0130. The SMILES string of the molecule is CN(C)C(=NCc1ncc(C(C)(C)C)o1)N(C)C. The predicted molar refractivity (Wildman–Crippen MR) is 73.7 cm³/mol. The number of rotatable bonds is 2. The lowest BCUT2D eigenvalue weighted by atomic mass is 9.94. The van der Waals surface area contributed by atoms with E-state index < -0.39 is 0 Å². The highest BCUT2D eigenvalue weighted by molar-refractivity contribution is 5.79. The van der Waals surface area contributed by atoms with Gasteiger partial charge in [0.25, 0.3) is 0 Å². The zero-order valence-electron chi connectivity index (χ0n) is 12.5. The molecule has 0 fully saturated rings. The lowest BCUT2D eigenvalue weighted by molar-refractivity contribution is 0.381. The van der Waals surface area contributed by atoms with Crippen LogP contribution in [-0.2, 0) is 12.0 Å². The minimum absolute atomic E-state index is 0.0130. The van der Waals surface area contributed by atoms with Gasteiger partial charge in [-0.3, -0.25) is 0 Å². The van der Waals surface area contributed by atoms with Crippen LogP contribution in [0.4, 0.5) is 0 Å². The van der Waals surface area contributed by atoms with E-state index >= 15 is 0 Å². The average molecular weight is 252 g/mol. The van der Waals surface area contributed by atoms with E-state index in [-0.39, 0.29) is 5.41 Å². The zero-order chi connectivity index (χ0) is 13.9. The third-order valence-electron chi connectivity index (χ3n) is 2.45. The molecule has 0 bridgehead atoms. The smallest absolute Gasteiger partial charge is 0.216 e. The molecule has 0 saturated heterocycles. The van der Waals surface area contributed by atoms with Crippen LogP contribution in [0.1, 0.15) is 32.4 Å². The van der Waals surface area contributed by atoms with Gasteiger partial charge in [0.05, 0.1) is 6.20 Å². The Hall–Kier alpha value is -1.52. The Kier molecular flexibility index (Phi) is 4.38. The molecule has 0 N–H and O–H groups in total. The Morgan fingerprint density at radius 3 is 2.17 bits per heavy atom. The third kappa shape index (κ3) is 3.75. The summed E-state index contributed by atoms with van der Waals surface area (Å²) < 4.78 is 5.70. The molecule has 5 nitrogen and oxygen atoms in total. The number of guanidine groups is 1.